The molecule has 0 fully saturated rings. The first kappa shape index (κ1) is 104. The summed E-state index contributed by atoms with van der Waals surface area (Å²) in [4.78, 5) is -10.6. The summed E-state index contributed by atoms with van der Waals surface area (Å²) in [5.74, 6) is -4.67. The van der Waals surface area contributed by atoms with Gasteiger partial charge in [0.25, 0.3) is 9.05 Å². The monoisotopic (exact) mass is 1880 g/mol. The maximum absolute atomic E-state index is 13.8. The Hall–Kier alpha value is -4.45. The largest absolute Gasteiger partial charge is 1.00 e. The Morgan fingerprint density at radius 1 is 0.254 bits per heavy atom. The molecule has 0 aliphatic rings. The summed E-state index contributed by atoms with van der Waals surface area (Å²) in [6, 6.07) is 48.3. The third kappa shape index (κ3) is 29.5. The number of halogens is 9. The fourth-order valence-corrected chi connectivity index (χ4v) is 17.3. The van der Waals surface area contributed by atoms with Crippen LogP contribution in [0.5, 0.6) is 34.5 Å². The minimum Gasteiger partial charge on any atom is -0.744 e. The smallest absolute Gasteiger partial charge is 0.744 e. The molecular formula is C66H42AlCl4F5Na4O25S9. The Balaban J connectivity index is 0.000000440. The van der Waals surface area contributed by atoms with E-state index in [1.807, 2.05) is 60.7 Å². The van der Waals surface area contributed by atoms with Gasteiger partial charge >= 0.3 is 130 Å². The summed E-state index contributed by atoms with van der Waals surface area (Å²) in [6.07, 6.45) is 0. The normalized spacial score (nSPS) is 11.6. The number of para-hydroxylation sites is 2. The molecule has 11 rings (SSSR count). The van der Waals surface area contributed by atoms with Crippen molar-refractivity contribution in [2.45, 2.75) is 63.6 Å². The average Bonchev–Trinajstić information content (AvgIpc) is 0.762. The minimum atomic E-state index is -5.77. The van der Waals surface area contributed by atoms with Crippen LogP contribution in [0.4, 0.5) is 22.0 Å². The molecule has 48 heteroatoms. The van der Waals surface area contributed by atoms with Gasteiger partial charge in [0.2, 0.25) is 39.3 Å². The second-order valence-electron chi connectivity index (χ2n) is 21.2. The van der Waals surface area contributed by atoms with E-state index in [1.165, 1.54) is 72.8 Å². The molecule has 25 nitrogen and oxygen atoms in total. The fourth-order valence-electron chi connectivity index (χ4n) is 8.67. The number of hydrogen-bond acceptors (Lipinski definition) is 25. The zero-order valence-corrected chi connectivity index (χ0v) is 77.6. The van der Waals surface area contributed by atoms with E-state index in [4.69, 9.17) is 55.0 Å². The molecule has 580 valence electrons. The van der Waals surface area contributed by atoms with Crippen LogP contribution in [0.3, 0.4) is 0 Å². The van der Waals surface area contributed by atoms with Crippen molar-refractivity contribution in [1.82, 2.24) is 0 Å². The Labute approximate surface area is 761 Å². The molecule has 0 aliphatic carbocycles. The molecule has 11 aromatic carbocycles. The van der Waals surface area contributed by atoms with Gasteiger partial charge in [-0.2, -0.15) is 0 Å². The fraction of sp³-hybridized carbons (Fsp3) is 0. The Morgan fingerprint density at radius 2 is 0.456 bits per heavy atom. The second kappa shape index (κ2) is 43.7. The molecule has 0 spiro atoms. The van der Waals surface area contributed by atoms with Crippen molar-refractivity contribution in [1.29, 1.82) is 0 Å². The van der Waals surface area contributed by atoms with Crippen LogP contribution in [0, 0.1) is 29.1 Å². The molecule has 0 saturated carbocycles. The van der Waals surface area contributed by atoms with E-state index in [0.717, 1.165) is 60.0 Å². The summed E-state index contributed by atoms with van der Waals surface area (Å²) in [6.45, 7) is 0. The molecule has 0 bridgehead atoms. The SMILES string of the molecule is O=S(=O)(Cl)c1ccc(F)cc1.O=S(=O)([O-])c1cc(S(=O)(=O)c2ccc(Oc3ccc(S(=O)(=O)c4ccc(F)c(S(=O)(=O)[O-])c4)cc3S(=O)(=O)[O-])c(S(=O)(=O)[O-])c2)ccc1F.O=S(=O)(c1ccc(F)cc1)c1ccc(Oc2ccc(S(=O)(=O)c3ccc(F)cc3)cc2)cc1.[Cl][Al]([Cl])[Cl].[Na+].[Na+].[Na+].[Na+].c1ccc(Oc2ccccc2)cc1. The van der Waals surface area contributed by atoms with Gasteiger partial charge in [0, 0.05) is 10.7 Å². The van der Waals surface area contributed by atoms with Crippen LogP contribution >= 0.6 is 40.8 Å². The van der Waals surface area contributed by atoms with Crippen molar-refractivity contribution in [3.63, 3.8) is 0 Å². The maximum atomic E-state index is 13.8. The molecule has 0 N–H and O–H groups in total. The summed E-state index contributed by atoms with van der Waals surface area (Å²) < 4.78 is 347. The van der Waals surface area contributed by atoms with Gasteiger partial charge in [0.05, 0.1) is 63.6 Å². The van der Waals surface area contributed by atoms with E-state index in [0.29, 0.717) is 60.0 Å². The van der Waals surface area contributed by atoms with Crippen molar-refractivity contribution < 1.29 is 248 Å². The zero-order chi connectivity index (χ0) is 81.8. The Bertz CT molecular complexity index is 5970. The van der Waals surface area contributed by atoms with Gasteiger partial charge in [-0.3, -0.25) is 0 Å². The predicted octanol–water partition coefficient (Wildman–Crippen LogP) is 1.40. The van der Waals surface area contributed by atoms with Gasteiger partial charge in [0.1, 0.15) is 104 Å². The van der Waals surface area contributed by atoms with Crippen molar-refractivity contribution >= 4 is 141 Å². The summed E-state index contributed by atoms with van der Waals surface area (Å²) >= 11 is -1.72. The van der Waals surface area contributed by atoms with Crippen molar-refractivity contribution in [2.24, 2.45) is 0 Å². The molecule has 0 unspecified atom stereocenters. The predicted molar refractivity (Wildman–Crippen MR) is 381 cm³/mol. The summed E-state index contributed by atoms with van der Waals surface area (Å²) in [5.41, 5.74) is 0. The Morgan fingerprint density at radius 3 is 0.702 bits per heavy atom. The first-order valence-corrected chi connectivity index (χ1v) is 48.3. The second-order valence-corrected chi connectivity index (χ2v) is 43.3. The molecule has 0 atom stereocenters. The maximum Gasteiger partial charge on any atom is 1.00 e. The van der Waals surface area contributed by atoms with Crippen molar-refractivity contribution in [2.75, 3.05) is 0 Å². The quantitative estimate of drug-likeness (QED) is 0.0363. The van der Waals surface area contributed by atoms with Crippen LogP contribution in [0.25, 0.3) is 0 Å². The van der Waals surface area contributed by atoms with Crippen molar-refractivity contribution in [3.8, 4) is 34.5 Å². The van der Waals surface area contributed by atoms with E-state index in [9.17, 15) is 116 Å². The van der Waals surface area contributed by atoms with Gasteiger partial charge in [0.15, 0.2) is 0 Å². The van der Waals surface area contributed by atoms with Crippen LogP contribution in [-0.4, -0.2) is 105 Å². The Kier molecular flexibility index (Phi) is 39.7. The number of sulfone groups is 4. The summed E-state index contributed by atoms with van der Waals surface area (Å²) in [7, 11) is -24.2. The van der Waals surface area contributed by atoms with Crippen molar-refractivity contribution in [3.05, 3.63) is 284 Å². The molecule has 0 aliphatic heterocycles. The summed E-state index contributed by atoms with van der Waals surface area (Å²) in [5, 5.41) is 0. The molecule has 11 aromatic rings. The first-order chi connectivity index (χ1) is 51.0. The molecule has 114 heavy (non-hydrogen) atoms. The number of ether oxygens (including phenoxy) is 3. The molecule has 0 heterocycles. The molecule has 0 amide bonds. The van der Waals surface area contributed by atoms with E-state index in [2.05, 4.69) is 0 Å². The number of benzene rings is 11. The van der Waals surface area contributed by atoms with Crippen LogP contribution in [0.2, 0.25) is 0 Å². The zero-order valence-electron chi connectivity index (χ0n) is 58.1. The van der Waals surface area contributed by atoms with Crippen LogP contribution in [0.15, 0.2) is 318 Å². The average molecular weight is 1880 g/mol. The van der Waals surface area contributed by atoms with Crippen LogP contribution in [-0.2, 0) is 88.9 Å². The van der Waals surface area contributed by atoms with E-state index in [-0.39, 0.29) is 167 Å². The van der Waals surface area contributed by atoms with Crippen LogP contribution < -0.4 is 132 Å². The number of hydrogen-bond donors (Lipinski definition) is 0. The molecule has 0 saturated heterocycles. The topological polar surface area (TPSA) is 427 Å². The van der Waals surface area contributed by atoms with Crippen LogP contribution in [0.1, 0.15) is 0 Å². The van der Waals surface area contributed by atoms with Gasteiger partial charge in [-0.05, 0) is 218 Å². The van der Waals surface area contributed by atoms with Gasteiger partial charge in [-0.1, -0.05) is 36.4 Å². The third-order valence-corrected chi connectivity index (χ3v) is 25.6. The van der Waals surface area contributed by atoms with E-state index in [1.54, 1.807) is 0 Å². The first-order valence-electron chi connectivity index (χ1n) is 29.2. The van der Waals surface area contributed by atoms with Gasteiger partial charge in [-0.15, -0.1) is 0 Å². The third-order valence-electron chi connectivity index (χ3n) is 13.7. The molecule has 0 aromatic heterocycles. The standard InChI is InChI=1S/C24H16F2O17S6.C24H16F2O5S2.C12H10O.C6H4ClFO2S.Al.3ClH.4Na/c25-17-5-1-13(9-21(17)46(31,32)33)44(27,28)15-3-7-19(23(11-15)48(37,38)39)43-20-8-4-16(12-24(20)49(40,41)42)45(29,30)14-2-6-18(26)22(10-14)47(34,35)36;25-17-1-9-21(10-2-17)32(27,28)23-13-5-19(6-14-23)31-20-7-15-24(16-8-20)33(29,30)22-11-3-18(26)4-12-22;1-3-7-11(8-4-1)13-12-9-5-2-6-10-12;7-11(9,10)6-3-1-5(8)2-4-6;;;;;;;;/h1-12H,(H,31,32,33)(H,34,35,36)(H,37,38,39)(H,40,41,42);1-16H;1-10H;1-4H;;3*1H;;;;/q;;;;+3;;;;4*+1/p-7. The molecular weight excluding hydrogens is 1840 g/mol. The van der Waals surface area contributed by atoms with Gasteiger partial charge < -0.3 is 32.4 Å². The minimum absolute atomic E-state index is 0. The van der Waals surface area contributed by atoms with E-state index < -0.39 is 180 Å². The number of rotatable bonds is 19. The molecule has 0 radical (unpaired) electrons. The van der Waals surface area contributed by atoms with E-state index >= 15 is 0 Å². The van der Waals surface area contributed by atoms with Gasteiger partial charge in [-0.25, -0.2) is 128 Å².